The van der Waals surface area contributed by atoms with Gasteiger partial charge in [-0.25, -0.2) is 0 Å². The standard InChI is InChI=1S/C15H26N2S/c1-3-4-10-17(14-6-7-14)11-9-16-12-15-8-5-13(2)18-15/h5,8,14,16H,3-4,6-7,9-12H2,1-2H3. The summed E-state index contributed by atoms with van der Waals surface area (Å²) in [5.41, 5.74) is 0. The van der Waals surface area contributed by atoms with E-state index >= 15 is 0 Å². The summed E-state index contributed by atoms with van der Waals surface area (Å²) in [4.78, 5) is 5.55. The molecule has 1 heterocycles. The molecule has 0 amide bonds. The normalized spacial score (nSPS) is 15.5. The van der Waals surface area contributed by atoms with E-state index in [9.17, 15) is 0 Å². The van der Waals surface area contributed by atoms with Crippen LogP contribution in [0.5, 0.6) is 0 Å². The topological polar surface area (TPSA) is 15.3 Å². The van der Waals surface area contributed by atoms with Crippen LogP contribution in [0.3, 0.4) is 0 Å². The van der Waals surface area contributed by atoms with Gasteiger partial charge in [0.2, 0.25) is 0 Å². The fourth-order valence-electron chi connectivity index (χ4n) is 2.29. The van der Waals surface area contributed by atoms with Gasteiger partial charge in [0.05, 0.1) is 0 Å². The molecular weight excluding hydrogens is 240 g/mol. The van der Waals surface area contributed by atoms with Crippen molar-refractivity contribution in [3.05, 3.63) is 21.9 Å². The third-order valence-electron chi connectivity index (χ3n) is 3.53. The van der Waals surface area contributed by atoms with Gasteiger partial charge in [-0.3, -0.25) is 4.90 Å². The van der Waals surface area contributed by atoms with E-state index in [1.165, 1.54) is 48.5 Å². The summed E-state index contributed by atoms with van der Waals surface area (Å²) in [6.07, 6.45) is 5.51. The summed E-state index contributed by atoms with van der Waals surface area (Å²) in [7, 11) is 0. The fourth-order valence-corrected chi connectivity index (χ4v) is 3.15. The van der Waals surface area contributed by atoms with Crippen LogP contribution in [0.1, 0.15) is 42.4 Å². The molecule has 1 aromatic rings. The number of hydrogen-bond donors (Lipinski definition) is 1. The number of nitrogens with zero attached hydrogens (tertiary/aromatic N) is 1. The molecule has 2 rings (SSSR count). The Hall–Kier alpha value is -0.380. The van der Waals surface area contributed by atoms with E-state index in [-0.39, 0.29) is 0 Å². The summed E-state index contributed by atoms with van der Waals surface area (Å²) in [5.74, 6) is 0. The lowest BCUT2D eigenvalue weighted by molar-refractivity contribution is 0.259. The van der Waals surface area contributed by atoms with E-state index in [4.69, 9.17) is 0 Å². The number of aryl methyl sites for hydroxylation is 1. The Morgan fingerprint density at radius 3 is 2.78 bits per heavy atom. The van der Waals surface area contributed by atoms with Crippen LogP contribution in [-0.2, 0) is 6.54 Å². The van der Waals surface area contributed by atoms with Crippen molar-refractivity contribution < 1.29 is 0 Å². The van der Waals surface area contributed by atoms with Crippen molar-refractivity contribution in [1.29, 1.82) is 0 Å². The predicted molar refractivity (Wildman–Crippen MR) is 80.3 cm³/mol. The smallest absolute Gasteiger partial charge is 0.0300 e. The highest BCUT2D eigenvalue weighted by Crippen LogP contribution is 2.26. The van der Waals surface area contributed by atoms with E-state index in [0.717, 1.165) is 19.1 Å². The third kappa shape index (κ3) is 4.71. The van der Waals surface area contributed by atoms with Crippen LogP contribution in [-0.4, -0.2) is 30.6 Å². The maximum atomic E-state index is 3.57. The molecule has 1 fully saturated rings. The Morgan fingerprint density at radius 2 is 2.17 bits per heavy atom. The van der Waals surface area contributed by atoms with Gasteiger partial charge in [-0.15, -0.1) is 11.3 Å². The van der Waals surface area contributed by atoms with Gasteiger partial charge in [-0.2, -0.15) is 0 Å². The molecule has 1 saturated carbocycles. The summed E-state index contributed by atoms with van der Waals surface area (Å²) in [6, 6.07) is 5.35. The maximum absolute atomic E-state index is 3.57. The first-order chi connectivity index (χ1) is 8.79. The molecule has 0 radical (unpaired) electrons. The van der Waals surface area contributed by atoms with Crippen LogP contribution < -0.4 is 5.32 Å². The molecule has 1 aromatic heterocycles. The highest BCUT2D eigenvalue weighted by Gasteiger charge is 2.27. The number of thiophene rings is 1. The van der Waals surface area contributed by atoms with E-state index in [2.05, 4.69) is 36.2 Å². The van der Waals surface area contributed by atoms with Gasteiger partial charge < -0.3 is 5.32 Å². The van der Waals surface area contributed by atoms with E-state index < -0.39 is 0 Å². The Kier molecular flexibility index (Phi) is 5.67. The SMILES string of the molecule is CCCCN(CCNCc1ccc(C)s1)C1CC1. The van der Waals surface area contributed by atoms with Crippen LogP contribution in [0.25, 0.3) is 0 Å². The minimum atomic E-state index is 0.905. The molecule has 0 spiro atoms. The van der Waals surface area contributed by atoms with Crippen LogP contribution in [0.2, 0.25) is 0 Å². The molecule has 3 heteroatoms. The van der Waals surface area contributed by atoms with Gasteiger partial charge >= 0.3 is 0 Å². The molecule has 1 aliphatic rings. The summed E-state index contributed by atoms with van der Waals surface area (Å²) in [5, 5.41) is 3.57. The molecule has 1 aliphatic carbocycles. The molecular formula is C15H26N2S. The molecule has 1 N–H and O–H groups in total. The van der Waals surface area contributed by atoms with E-state index in [0.29, 0.717) is 0 Å². The number of rotatable bonds is 9. The van der Waals surface area contributed by atoms with Crippen molar-refractivity contribution in [2.75, 3.05) is 19.6 Å². The highest BCUT2D eigenvalue weighted by molar-refractivity contribution is 7.11. The summed E-state index contributed by atoms with van der Waals surface area (Å²) < 4.78 is 0. The number of hydrogen-bond acceptors (Lipinski definition) is 3. The van der Waals surface area contributed by atoms with E-state index in [1.807, 2.05) is 11.3 Å². The number of nitrogens with one attached hydrogen (secondary N) is 1. The minimum Gasteiger partial charge on any atom is -0.311 e. The maximum Gasteiger partial charge on any atom is 0.0300 e. The van der Waals surface area contributed by atoms with E-state index in [1.54, 1.807) is 0 Å². The second-order valence-electron chi connectivity index (χ2n) is 5.31. The van der Waals surface area contributed by atoms with Crippen LogP contribution >= 0.6 is 11.3 Å². The molecule has 0 aliphatic heterocycles. The lowest BCUT2D eigenvalue weighted by atomic mass is 10.3. The zero-order chi connectivity index (χ0) is 12.8. The molecule has 2 nitrogen and oxygen atoms in total. The Bertz CT molecular complexity index is 344. The van der Waals surface area contributed by atoms with Crippen LogP contribution in [0.15, 0.2) is 12.1 Å². The highest BCUT2D eigenvalue weighted by atomic mass is 32.1. The molecule has 0 aromatic carbocycles. The zero-order valence-corrected chi connectivity index (χ0v) is 12.6. The third-order valence-corrected chi connectivity index (χ3v) is 4.53. The van der Waals surface area contributed by atoms with Crippen LogP contribution in [0.4, 0.5) is 0 Å². The van der Waals surface area contributed by atoms with Gasteiger partial charge in [-0.1, -0.05) is 13.3 Å². The summed E-state index contributed by atoms with van der Waals surface area (Å²) in [6.45, 7) is 9.12. The fraction of sp³-hybridized carbons (Fsp3) is 0.733. The molecule has 0 unspecified atom stereocenters. The van der Waals surface area contributed by atoms with Crippen molar-refractivity contribution in [3.8, 4) is 0 Å². The molecule has 0 bridgehead atoms. The number of unbranched alkanes of at least 4 members (excludes halogenated alkanes) is 1. The molecule has 18 heavy (non-hydrogen) atoms. The predicted octanol–water partition coefficient (Wildman–Crippen LogP) is 3.41. The van der Waals surface area contributed by atoms with Crippen molar-refractivity contribution in [2.24, 2.45) is 0 Å². The zero-order valence-electron chi connectivity index (χ0n) is 11.7. The lowest BCUT2D eigenvalue weighted by Crippen LogP contribution is -2.34. The Morgan fingerprint density at radius 1 is 1.33 bits per heavy atom. The monoisotopic (exact) mass is 266 g/mol. The largest absolute Gasteiger partial charge is 0.311 e. The van der Waals surface area contributed by atoms with Crippen molar-refractivity contribution in [3.63, 3.8) is 0 Å². The second-order valence-corrected chi connectivity index (χ2v) is 6.68. The average Bonchev–Trinajstić information content (AvgIpc) is 3.12. The van der Waals surface area contributed by atoms with Crippen molar-refractivity contribution in [2.45, 2.75) is 52.1 Å². The van der Waals surface area contributed by atoms with Gasteiger partial charge in [0.25, 0.3) is 0 Å². The first-order valence-electron chi connectivity index (χ1n) is 7.29. The first-order valence-corrected chi connectivity index (χ1v) is 8.11. The van der Waals surface area contributed by atoms with Crippen molar-refractivity contribution >= 4 is 11.3 Å². The molecule has 102 valence electrons. The van der Waals surface area contributed by atoms with Crippen molar-refractivity contribution in [1.82, 2.24) is 10.2 Å². The van der Waals surface area contributed by atoms with Gasteiger partial charge in [0.15, 0.2) is 0 Å². The van der Waals surface area contributed by atoms with Gasteiger partial charge in [0, 0.05) is 35.4 Å². The average molecular weight is 266 g/mol. The quantitative estimate of drug-likeness (QED) is 0.689. The first kappa shape index (κ1) is 14.0. The second kappa shape index (κ2) is 7.27. The molecule has 0 saturated heterocycles. The molecule has 0 atom stereocenters. The van der Waals surface area contributed by atoms with Crippen LogP contribution in [0, 0.1) is 6.92 Å². The van der Waals surface area contributed by atoms with Gasteiger partial charge in [-0.05, 0) is 44.9 Å². The lowest BCUT2D eigenvalue weighted by Gasteiger charge is -2.21. The Labute approximate surface area is 115 Å². The minimum absolute atomic E-state index is 0.905. The van der Waals surface area contributed by atoms with Gasteiger partial charge in [0.1, 0.15) is 0 Å². The summed E-state index contributed by atoms with van der Waals surface area (Å²) >= 11 is 1.90. The Balaban J connectivity index is 1.60.